The predicted octanol–water partition coefficient (Wildman–Crippen LogP) is 3.27. The molecule has 24 heavy (non-hydrogen) atoms. The lowest BCUT2D eigenvalue weighted by Gasteiger charge is -2.32. The number of nitrogens with zero attached hydrogens (tertiary/aromatic N) is 1. The van der Waals surface area contributed by atoms with Crippen molar-refractivity contribution in [3.05, 3.63) is 56.7 Å². The second kappa shape index (κ2) is 8.70. The predicted molar refractivity (Wildman–Crippen MR) is 93.7 cm³/mol. The Morgan fingerprint density at radius 1 is 1.29 bits per heavy atom. The van der Waals surface area contributed by atoms with Crippen LogP contribution in [0.15, 0.2) is 35.7 Å². The van der Waals surface area contributed by atoms with Gasteiger partial charge in [0.15, 0.2) is 0 Å². The Morgan fingerprint density at radius 2 is 1.96 bits per heavy atom. The molecule has 0 saturated heterocycles. The van der Waals surface area contributed by atoms with E-state index < -0.39 is 23.4 Å². The average molecular weight is 390 g/mol. The van der Waals surface area contributed by atoms with Gasteiger partial charge >= 0.3 is 5.97 Å². The molecule has 1 aromatic heterocycles. The second-order valence-electron chi connectivity index (χ2n) is 5.08. The highest BCUT2D eigenvalue weighted by atomic mass is 35.5. The standard InChI is InChI=1S/C15H14ClNO2S.H2O3S/c16-12-4-2-1-3-11(12)14(15(18)19)17-7-5-13-10(9-17)6-8-20-13;1-4(2)3/h1-4,6,8,14H,5,7,9H2,(H,18,19);(H2,1,2,3)/t14-;/m0./s1. The summed E-state index contributed by atoms with van der Waals surface area (Å²) in [5, 5.41) is 12.2. The van der Waals surface area contributed by atoms with Crippen molar-refractivity contribution in [1.82, 2.24) is 4.90 Å². The zero-order valence-corrected chi connectivity index (χ0v) is 14.9. The van der Waals surface area contributed by atoms with Gasteiger partial charge < -0.3 is 5.11 Å². The summed E-state index contributed by atoms with van der Waals surface area (Å²) in [4.78, 5) is 15.1. The van der Waals surface area contributed by atoms with E-state index in [1.807, 2.05) is 17.0 Å². The lowest BCUT2D eigenvalue weighted by molar-refractivity contribution is -0.144. The van der Waals surface area contributed by atoms with Crippen molar-refractivity contribution in [3.63, 3.8) is 0 Å². The highest BCUT2D eigenvalue weighted by Gasteiger charge is 2.31. The van der Waals surface area contributed by atoms with E-state index in [4.69, 9.17) is 24.9 Å². The van der Waals surface area contributed by atoms with Crippen molar-refractivity contribution in [2.75, 3.05) is 6.54 Å². The summed E-state index contributed by atoms with van der Waals surface area (Å²) >= 11 is 5.31. The molecule has 2 aromatic rings. The Morgan fingerprint density at radius 3 is 2.58 bits per heavy atom. The van der Waals surface area contributed by atoms with Gasteiger partial charge in [-0.15, -0.1) is 11.3 Å². The van der Waals surface area contributed by atoms with Gasteiger partial charge in [0.05, 0.1) is 0 Å². The van der Waals surface area contributed by atoms with Crippen molar-refractivity contribution in [2.45, 2.75) is 19.0 Å². The van der Waals surface area contributed by atoms with Crippen LogP contribution in [0, 0.1) is 0 Å². The van der Waals surface area contributed by atoms with Crippen LogP contribution >= 0.6 is 22.9 Å². The fourth-order valence-corrected chi connectivity index (χ4v) is 3.80. The maximum absolute atomic E-state index is 11.7. The summed E-state index contributed by atoms with van der Waals surface area (Å²) < 4.78 is 22.8. The summed E-state index contributed by atoms with van der Waals surface area (Å²) in [6, 6.07) is 8.58. The molecule has 130 valence electrons. The van der Waals surface area contributed by atoms with E-state index >= 15 is 0 Å². The first-order valence-electron chi connectivity index (χ1n) is 6.96. The van der Waals surface area contributed by atoms with Crippen molar-refractivity contribution >= 4 is 40.3 Å². The van der Waals surface area contributed by atoms with E-state index in [9.17, 15) is 9.90 Å². The molecule has 3 N–H and O–H groups in total. The highest BCUT2D eigenvalue weighted by molar-refractivity contribution is 7.73. The largest absolute Gasteiger partial charge is 0.480 e. The maximum Gasteiger partial charge on any atom is 0.325 e. The maximum atomic E-state index is 11.7. The second-order valence-corrected chi connectivity index (χ2v) is 6.95. The Labute approximate surface area is 150 Å². The number of benzene rings is 1. The first-order chi connectivity index (χ1) is 11.4. The van der Waals surface area contributed by atoms with Gasteiger partial charge in [0, 0.05) is 23.0 Å². The van der Waals surface area contributed by atoms with Crippen LogP contribution < -0.4 is 0 Å². The van der Waals surface area contributed by atoms with Crippen LogP contribution in [0.3, 0.4) is 0 Å². The molecule has 9 heteroatoms. The minimum absolute atomic E-state index is 0.510. The van der Waals surface area contributed by atoms with E-state index in [-0.39, 0.29) is 0 Å². The molecule has 1 atom stereocenters. The van der Waals surface area contributed by atoms with E-state index in [2.05, 4.69) is 11.4 Å². The Balaban J connectivity index is 0.000000471. The first kappa shape index (κ1) is 19.0. The van der Waals surface area contributed by atoms with Gasteiger partial charge in [-0.1, -0.05) is 29.8 Å². The van der Waals surface area contributed by atoms with Crippen LogP contribution in [0.1, 0.15) is 22.0 Å². The molecule has 0 amide bonds. The molecule has 0 fully saturated rings. The fourth-order valence-electron chi connectivity index (χ4n) is 2.67. The number of rotatable bonds is 3. The van der Waals surface area contributed by atoms with Crippen LogP contribution in [0.4, 0.5) is 0 Å². The normalized spacial score (nSPS) is 15.3. The molecule has 0 unspecified atom stereocenters. The van der Waals surface area contributed by atoms with Gasteiger partial charge in [-0.05, 0) is 35.1 Å². The van der Waals surface area contributed by atoms with Gasteiger partial charge in [0.1, 0.15) is 6.04 Å². The van der Waals surface area contributed by atoms with Crippen LogP contribution in [-0.4, -0.2) is 35.8 Å². The Kier molecular flexibility index (Phi) is 6.90. The van der Waals surface area contributed by atoms with Gasteiger partial charge in [-0.3, -0.25) is 18.8 Å². The smallest absolute Gasteiger partial charge is 0.325 e. The van der Waals surface area contributed by atoms with Crippen molar-refractivity contribution < 1.29 is 23.2 Å². The van der Waals surface area contributed by atoms with Crippen LogP contribution in [0.2, 0.25) is 5.02 Å². The summed E-state index contributed by atoms with van der Waals surface area (Å²) in [6.45, 7) is 1.41. The molecule has 0 spiro atoms. The topological polar surface area (TPSA) is 98.1 Å². The summed E-state index contributed by atoms with van der Waals surface area (Å²) in [7, 11) is 0. The Hall–Kier alpha value is -1.29. The fraction of sp³-hybridized carbons (Fsp3) is 0.267. The lowest BCUT2D eigenvalue weighted by atomic mass is 10.0. The van der Waals surface area contributed by atoms with Crippen LogP contribution in [0.25, 0.3) is 0 Å². The third-order valence-electron chi connectivity index (χ3n) is 3.64. The number of carboxylic acids is 1. The van der Waals surface area contributed by atoms with Gasteiger partial charge in [-0.25, -0.2) is 0 Å². The highest BCUT2D eigenvalue weighted by Crippen LogP contribution is 2.33. The molecule has 0 bridgehead atoms. The minimum atomic E-state index is -2.61. The zero-order valence-electron chi connectivity index (χ0n) is 12.5. The molecule has 3 rings (SSSR count). The molecule has 6 nitrogen and oxygen atoms in total. The van der Waals surface area contributed by atoms with Gasteiger partial charge in [0.2, 0.25) is 0 Å². The molecule has 2 heterocycles. The Bertz CT molecular complexity index is 732. The number of carbonyl (C=O) groups is 1. The van der Waals surface area contributed by atoms with Gasteiger partial charge in [-0.2, -0.15) is 4.21 Å². The van der Waals surface area contributed by atoms with Crippen molar-refractivity contribution in [3.8, 4) is 0 Å². The molecular weight excluding hydrogens is 374 g/mol. The quantitative estimate of drug-likeness (QED) is 0.697. The zero-order chi connectivity index (χ0) is 17.7. The molecule has 1 aliphatic rings. The molecule has 1 aromatic carbocycles. The molecule has 0 saturated carbocycles. The SMILES string of the molecule is O=C(O)[C@H](c1ccccc1Cl)N1CCc2sccc2C1.O=S(O)O. The van der Waals surface area contributed by atoms with Crippen LogP contribution in [0.5, 0.6) is 0 Å². The average Bonchev–Trinajstić information content (AvgIpc) is 2.96. The van der Waals surface area contributed by atoms with E-state index in [1.165, 1.54) is 10.4 Å². The van der Waals surface area contributed by atoms with Crippen molar-refractivity contribution in [1.29, 1.82) is 0 Å². The van der Waals surface area contributed by atoms with E-state index in [1.54, 1.807) is 23.5 Å². The third-order valence-corrected chi connectivity index (χ3v) is 5.00. The van der Waals surface area contributed by atoms with Crippen molar-refractivity contribution in [2.24, 2.45) is 0 Å². The van der Waals surface area contributed by atoms with Gasteiger partial charge in [0.25, 0.3) is 11.4 Å². The number of carboxylic acid groups (broad SMARTS) is 1. The molecule has 1 aliphatic heterocycles. The molecule has 0 aliphatic carbocycles. The monoisotopic (exact) mass is 389 g/mol. The van der Waals surface area contributed by atoms with E-state index in [0.717, 1.165) is 13.0 Å². The molecular formula is C15H16ClNO5S2. The summed E-state index contributed by atoms with van der Waals surface area (Å²) in [6.07, 6.45) is 0.904. The third kappa shape index (κ3) is 4.85. The summed E-state index contributed by atoms with van der Waals surface area (Å²) in [5.41, 5.74) is 1.90. The number of thiophene rings is 1. The van der Waals surface area contributed by atoms with Crippen LogP contribution in [-0.2, 0) is 29.1 Å². The number of aliphatic carboxylic acids is 1. The lowest BCUT2D eigenvalue weighted by Crippen LogP contribution is -2.37. The molecule has 0 radical (unpaired) electrons. The number of hydrogen-bond acceptors (Lipinski definition) is 4. The van der Waals surface area contributed by atoms with E-state index in [0.29, 0.717) is 17.1 Å². The summed E-state index contributed by atoms with van der Waals surface area (Å²) in [5.74, 6) is -0.850. The number of hydrogen-bond donors (Lipinski definition) is 3. The number of halogens is 1. The minimum Gasteiger partial charge on any atom is -0.480 e. The first-order valence-corrected chi connectivity index (χ1v) is 9.28. The number of fused-ring (bicyclic) bond motifs is 1.